The smallest absolute Gasteiger partial charge is 0.341 e. The van der Waals surface area contributed by atoms with E-state index in [1.165, 1.54) is 74.6 Å². The van der Waals surface area contributed by atoms with Gasteiger partial charge in [-0.25, -0.2) is 4.79 Å². The first kappa shape index (κ1) is 25.1. The van der Waals surface area contributed by atoms with Crippen LogP contribution in [0.25, 0.3) is 0 Å². The van der Waals surface area contributed by atoms with E-state index in [-0.39, 0.29) is 5.97 Å². The monoisotopic (exact) mass is 452 g/mol. The standard InChI is InChI=1S/C24H40N2O2S2/c1-3-5-6-7-8-9-12-15-18-25-24(29)26-22-21(23(27)28-4-2)19-16-13-10-11-14-17-20(19)30-22/h3-18H2,1-2H3,(H2,25,26,29). The number of unbranched alkanes of at least 4 members (excludes halogenated alkanes) is 7. The SMILES string of the molecule is CCCCCCCCCCNC(=S)Nc1sc2c(c1C(=O)OCC)CCCCCC2. The van der Waals surface area contributed by atoms with Crippen LogP contribution >= 0.6 is 23.6 Å². The second kappa shape index (κ2) is 14.8. The Labute approximate surface area is 192 Å². The normalized spacial score (nSPS) is 13.8. The molecule has 1 aliphatic rings. The van der Waals surface area contributed by atoms with Crippen LogP contribution in [0.1, 0.15) is 112 Å². The lowest BCUT2D eigenvalue weighted by molar-refractivity contribution is 0.0526. The summed E-state index contributed by atoms with van der Waals surface area (Å²) in [7, 11) is 0. The average Bonchev–Trinajstić information content (AvgIpc) is 3.03. The van der Waals surface area contributed by atoms with Gasteiger partial charge >= 0.3 is 5.97 Å². The Hall–Kier alpha value is -1.14. The number of carbonyl (C=O) groups is 1. The molecule has 0 radical (unpaired) electrons. The van der Waals surface area contributed by atoms with E-state index in [1.807, 2.05) is 6.92 Å². The van der Waals surface area contributed by atoms with Crippen molar-refractivity contribution in [3.63, 3.8) is 0 Å². The van der Waals surface area contributed by atoms with Gasteiger partial charge in [-0.2, -0.15) is 0 Å². The number of nitrogens with one attached hydrogen (secondary N) is 2. The van der Waals surface area contributed by atoms with E-state index in [0.29, 0.717) is 11.7 Å². The van der Waals surface area contributed by atoms with Gasteiger partial charge in [0.15, 0.2) is 5.11 Å². The van der Waals surface area contributed by atoms with Crippen molar-refractivity contribution in [2.75, 3.05) is 18.5 Å². The van der Waals surface area contributed by atoms with Gasteiger partial charge in [0.1, 0.15) is 5.00 Å². The van der Waals surface area contributed by atoms with Crippen LogP contribution in [0.3, 0.4) is 0 Å². The number of carbonyl (C=O) groups excluding carboxylic acids is 1. The van der Waals surface area contributed by atoms with Crippen LogP contribution in [-0.4, -0.2) is 24.2 Å². The lowest BCUT2D eigenvalue weighted by Crippen LogP contribution is -2.29. The molecule has 0 fully saturated rings. The number of esters is 1. The van der Waals surface area contributed by atoms with E-state index >= 15 is 0 Å². The predicted octanol–water partition coefficient (Wildman–Crippen LogP) is 7.01. The summed E-state index contributed by atoms with van der Waals surface area (Å²) in [6.45, 7) is 5.38. The Bertz CT molecular complexity index is 658. The van der Waals surface area contributed by atoms with Crippen LogP contribution in [0.2, 0.25) is 0 Å². The van der Waals surface area contributed by atoms with E-state index in [9.17, 15) is 4.79 Å². The van der Waals surface area contributed by atoms with Crippen molar-refractivity contribution in [3.05, 3.63) is 16.0 Å². The maximum atomic E-state index is 12.7. The van der Waals surface area contributed by atoms with Crippen molar-refractivity contribution in [1.29, 1.82) is 0 Å². The second-order valence-electron chi connectivity index (χ2n) is 8.20. The number of thiophene rings is 1. The molecule has 0 aromatic carbocycles. The Kier molecular flexibility index (Phi) is 12.4. The van der Waals surface area contributed by atoms with Gasteiger partial charge in [-0.1, -0.05) is 64.7 Å². The number of rotatable bonds is 12. The maximum absolute atomic E-state index is 12.7. The highest BCUT2D eigenvalue weighted by Crippen LogP contribution is 2.37. The van der Waals surface area contributed by atoms with Crippen LogP contribution in [-0.2, 0) is 17.6 Å². The quantitative estimate of drug-likeness (QED) is 0.203. The lowest BCUT2D eigenvalue weighted by Gasteiger charge is -2.12. The fourth-order valence-electron chi connectivity index (χ4n) is 4.03. The number of hydrogen-bond acceptors (Lipinski definition) is 4. The molecule has 2 rings (SSSR count). The van der Waals surface area contributed by atoms with Crippen LogP contribution in [0, 0.1) is 0 Å². The van der Waals surface area contributed by atoms with Gasteiger partial charge < -0.3 is 15.4 Å². The van der Waals surface area contributed by atoms with E-state index in [2.05, 4.69) is 17.6 Å². The van der Waals surface area contributed by atoms with Gasteiger partial charge in [0, 0.05) is 11.4 Å². The summed E-state index contributed by atoms with van der Waals surface area (Å²) in [5, 5.41) is 8.10. The van der Waals surface area contributed by atoms with Crippen molar-refractivity contribution >= 4 is 39.6 Å². The topological polar surface area (TPSA) is 50.4 Å². The predicted molar refractivity (Wildman–Crippen MR) is 133 cm³/mol. The zero-order chi connectivity index (χ0) is 21.6. The van der Waals surface area contributed by atoms with Gasteiger partial charge in [0.05, 0.1) is 12.2 Å². The van der Waals surface area contributed by atoms with Gasteiger partial charge in [-0.15, -0.1) is 11.3 Å². The number of anilines is 1. The van der Waals surface area contributed by atoms with Crippen molar-refractivity contribution in [1.82, 2.24) is 5.32 Å². The largest absolute Gasteiger partial charge is 0.462 e. The highest BCUT2D eigenvalue weighted by atomic mass is 32.1. The van der Waals surface area contributed by atoms with E-state index in [0.717, 1.165) is 42.8 Å². The maximum Gasteiger partial charge on any atom is 0.341 e. The summed E-state index contributed by atoms with van der Waals surface area (Å²) in [6.07, 6.45) is 17.2. The van der Waals surface area contributed by atoms with Crippen molar-refractivity contribution in [2.24, 2.45) is 0 Å². The molecular weight excluding hydrogens is 412 g/mol. The number of ether oxygens (including phenoxy) is 1. The first-order chi connectivity index (χ1) is 14.7. The van der Waals surface area contributed by atoms with E-state index in [1.54, 1.807) is 11.3 Å². The average molecular weight is 453 g/mol. The third-order valence-corrected chi connectivity index (χ3v) is 7.15. The molecule has 1 aromatic heterocycles. The molecule has 6 heteroatoms. The van der Waals surface area contributed by atoms with Crippen LogP contribution in [0.5, 0.6) is 0 Å². The molecule has 0 spiro atoms. The molecule has 4 nitrogen and oxygen atoms in total. The zero-order valence-corrected chi connectivity index (χ0v) is 20.6. The van der Waals surface area contributed by atoms with Crippen molar-refractivity contribution < 1.29 is 9.53 Å². The Morgan fingerprint density at radius 1 is 0.967 bits per heavy atom. The molecule has 0 unspecified atom stereocenters. The Morgan fingerprint density at radius 3 is 2.33 bits per heavy atom. The molecule has 1 aliphatic carbocycles. The summed E-state index contributed by atoms with van der Waals surface area (Å²) in [6, 6.07) is 0. The molecule has 0 saturated heterocycles. The third-order valence-electron chi connectivity index (χ3n) is 5.69. The summed E-state index contributed by atoms with van der Waals surface area (Å²) in [4.78, 5) is 14.0. The van der Waals surface area contributed by atoms with Crippen LogP contribution in [0.4, 0.5) is 5.00 Å². The number of hydrogen-bond donors (Lipinski definition) is 2. The van der Waals surface area contributed by atoms with Gasteiger partial charge in [-0.05, 0) is 56.8 Å². The van der Waals surface area contributed by atoms with Crippen LogP contribution < -0.4 is 10.6 Å². The Morgan fingerprint density at radius 2 is 1.63 bits per heavy atom. The fraction of sp³-hybridized carbons (Fsp3) is 0.750. The Balaban J connectivity index is 1.85. The van der Waals surface area contributed by atoms with Crippen LogP contribution in [0.15, 0.2) is 0 Å². The molecule has 1 heterocycles. The molecule has 170 valence electrons. The lowest BCUT2D eigenvalue weighted by atomic mass is 9.96. The number of thiocarbonyl (C=S) groups is 1. The molecule has 0 atom stereocenters. The summed E-state index contributed by atoms with van der Waals surface area (Å²) < 4.78 is 5.37. The molecule has 1 aromatic rings. The van der Waals surface area contributed by atoms with Crippen molar-refractivity contribution in [2.45, 2.75) is 104 Å². The molecule has 30 heavy (non-hydrogen) atoms. The van der Waals surface area contributed by atoms with E-state index < -0.39 is 0 Å². The van der Waals surface area contributed by atoms with Gasteiger partial charge in [-0.3, -0.25) is 0 Å². The number of fused-ring (bicyclic) bond motifs is 1. The molecule has 2 N–H and O–H groups in total. The minimum Gasteiger partial charge on any atom is -0.462 e. The van der Waals surface area contributed by atoms with Gasteiger partial charge in [0.2, 0.25) is 0 Å². The minimum atomic E-state index is -0.219. The molecule has 0 amide bonds. The fourth-order valence-corrected chi connectivity index (χ4v) is 5.59. The molecular formula is C24H40N2O2S2. The minimum absolute atomic E-state index is 0.219. The summed E-state index contributed by atoms with van der Waals surface area (Å²) in [5.41, 5.74) is 1.90. The zero-order valence-electron chi connectivity index (χ0n) is 18.9. The highest BCUT2D eigenvalue weighted by molar-refractivity contribution is 7.80. The molecule has 0 saturated carbocycles. The summed E-state index contributed by atoms with van der Waals surface area (Å²) >= 11 is 7.21. The molecule has 0 aliphatic heterocycles. The van der Waals surface area contributed by atoms with Gasteiger partial charge in [0.25, 0.3) is 0 Å². The first-order valence-corrected chi connectivity index (χ1v) is 13.3. The van der Waals surface area contributed by atoms with Crippen molar-refractivity contribution in [3.8, 4) is 0 Å². The molecule has 0 bridgehead atoms. The summed E-state index contributed by atoms with van der Waals surface area (Å²) in [5.74, 6) is -0.219. The highest BCUT2D eigenvalue weighted by Gasteiger charge is 2.25. The second-order valence-corrected chi connectivity index (χ2v) is 9.71. The first-order valence-electron chi connectivity index (χ1n) is 12.0. The van der Waals surface area contributed by atoms with E-state index in [4.69, 9.17) is 17.0 Å². The number of aryl methyl sites for hydroxylation is 1. The third kappa shape index (κ3) is 8.54.